The zero-order chi connectivity index (χ0) is 40.2. The fourth-order valence-corrected chi connectivity index (χ4v) is 8.42. The van der Waals surface area contributed by atoms with E-state index < -0.39 is 19.3 Å². The second-order valence-corrected chi connectivity index (χ2v) is 16.6. The molecule has 16 heteroatoms. The van der Waals surface area contributed by atoms with Gasteiger partial charge in [-0.3, -0.25) is 15.0 Å². The van der Waals surface area contributed by atoms with Crippen LogP contribution < -0.4 is 0 Å². The number of hydrogen-bond donors (Lipinski definition) is 1. The van der Waals surface area contributed by atoms with Crippen molar-refractivity contribution < 1.29 is 26.3 Å². The number of halogens is 10. The van der Waals surface area contributed by atoms with Crippen LogP contribution >= 0.6 is 99.9 Å². The Kier molecular flexibility index (Phi) is 22.1. The minimum absolute atomic E-state index is 0.154. The van der Waals surface area contributed by atoms with Crippen LogP contribution in [0.4, 0.5) is 26.3 Å². The summed E-state index contributed by atoms with van der Waals surface area (Å²) >= 11 is 19.5. The molecule has 0 aliphatic heterocycles. The van der Waals surface area contributed by atoms with E-state index in [1.165, 1.54) is 47.5 Å². The van der Waals surface area contributed by atoms with E-state index >= 15 is 0 Å². The summed E-state index contributed by atoms with van der Waals surface area (Å²) in [6.45, 7) is 0. The molecule has 6 aromatic rings. The van der Waals surface area contributed by atoms with Gasteiger partial charge >= 0.3 is 0 Å². The minimum atomic E-state index is -2.55. The third-order valence-corrected chi connectivity index (χ3v) is 11.3. The molecule has 3 aromatic heterocycles. The monoisotopic (exact) mass is 1070 g/mol. The predicted molar refractivity (Wildman–Crippen MR) is 230 cm³/mol. The van der Waals surface area contributed by atoms with Crippen molar-refractivity contribution in [3.63, 3.8) is 0 Å². The number of thioether (sulfide) groups is 2. The molecule has 3 nitrogen and oxygen atoms in total. The molecule has 0 aliphatic rings. The molecule has 6 rings (SSSR count). The molecule has 0 spiro atoms. The third-order valence-electron chi connectivity index (χ3n) is 6.66. The molecule has 0 saturated heterocycles. The summed E-state index contributed by atoms with van der Waals surface area (Å²) in [6, 6.07) is 34.8. The Morgan fingerprint density at radius 2 is 0.891 bits per heavy atom. The van der Waals surface area contributed by atoms with Gasteiger partial charge in [0.1, 0.15) is 17.1 Å². The molecule has 0 saturated carbocycles. The number of hydrogen-bond acceptors (Lipinski definition) is 6. The molecule has 0 N–H and O–H groups in total. The summed E-state index contributed by atoms with van der Waals surface area (Å²) in [4.78, 5) is 12.5. The zero-order valence-electron chi connectivity index (χ0n) is 28.4. The molecule has 0 fully saturated rings. The fourth-order valence-electron chi connectivity index (χ4n) is 4.03. The Hall–Kier alpha value is -2.34. The highest BCUT2D eigenvalue weighted by Gasteiger charge is 2.16. The molecule has 0 unspecified atom stereocenters. The van der Waals surface area contributed by atoms with Crippen LogP contribution in [0.2, 0.25) is 0 Å². The largest absolute Gasteiger partial charge is 0.281 e. The van der Waals surface area contributed by atoms with E-state index in [4.69, 9.17) is 0 Å². The van der Waals surface area contributed by atoms with E-state index in [-0.39, 0.29) is 17.1 Å². The molecular weight excluding hydrogens is 1040 g/mol. The number of alkyl halides is 6. The summed E-state index contributed by atoms with van der Waals surface area (Å²) in [5.41, 5.74) is 2.97. The lowest BCUT2D eigenvalue weighted by Gasteiger charge is -2.08. The number of aromatic nitrogens is 3. The lowest BCUT2D eigenvalue weighted by Crippen LogP contribution is -1.94. The average Bonchev–Trinajstić information content (AvgIpc) is 3.18. The molecule has 0 aliphatic carbocycles. The maximum atomic E-state index is 12.8. The normalized spacial score (nSPS) is 10.6. The predicted octanol–water partition coefficient (Wildman–Crippen LogP) is 15.8. The number of rotatable bonds is 10. The summed E-state index contributed by atoms with van der Waals surface area (Å²) in [7, 11) is 0. The van der Waals surface area contributed by atoms with Gasteiger partial charge in [-0.2, -0.15) is 12.6 Å². The summed E-state index contributed by atoms with van der Waals surface area (Å²) in [5, 5.41) is 0. The summed E-state index contributed by atoms with van der Waals surface area (Å²) in [6.07, 6.45) is -3.40. The van der Waals surface area contributed by atoms with Crippen molar-refractivity contribution in [2.45, 2.75) is 46.3 Å². The summed E-state index contributed by atoms with van der Waals surface area (Å²) < 4.78 is 76.8. The number of pyridine rings is 3. The fraction of sp³-hybridized carbons (Fsp3) is 0.154. The van der Waals surface area contributed by atoms with E-state index in [2.05, 4.69) is 103 Å². The lowest BCUT2D eigenvalue weighted by atomic mass is 10.2. The molecular formula is C39H31Br4F6N3S3. The van der Waals surface area contributed by atoms with Crippen LogP contribution in [0.25, 0.3) is 0 Å². The summed E-state index contributed by atoms with van der Waals surface area (Å²) in [5.74, 6) is 2.28. The second kappa shape index (κ2) is 25.8. The first-order chi connectivity index (χ1) is 26.4. The number of thiol groups is 1. The van der Waals surface area contributed by atoms with Crippen LogP contribution in [-0.2, 0) is 17.3 Å². The van der Waals surface area contributed by atoms with Crippen molar-refractivity contribution in [2.75, 3.05) is 0 Å². The molecule has 0 bridgehead atoms. The Balaban J connectivity index is 0.000000206. The van der Waals surface area contributed by atoms with Gasteiger partial charge in [0, 0.05) is 63.5 Å². The standard InChI is InChI=1S/2C13H10BrF2NS.C7H8S.C6H3Br2F2N/c14-11-6-10(7-17-12(11)13(15)16)18-8-9-4-2-1-3-5-9;14-10-6-11(12(13(15)16)17-7-10)18-8-9-4-2-1-3-5-9;8-6-7-4-2-1-3-5-7;7-3-1-4(8)5(6(9)10)11-2-3/h2*1-7,13H,8H2;1-5,8H,6H2;1-2,6H. The Morgan fingerprint density at radius 1 is 0.491 bits per heavy atom. The van der Waals surface area contributed by atoms with Gasteiger partial charge in [0.15, 0.2) is 0 Å². The van der Waals surface area contributed by atoms with Gasteiger partial charge in [-0.15, -0.1) is 23.5 Å². The molecule has 0 amide bonds. The highest BCUT2D eigenvalue weighted by molar-refractivity contribution is 9.11. The maximum absolute atomic E-state index is 12.8. The van der Waals surface area contributed by atoms with Gasteiger partial charge in [-0.25, -0.2) is 26.3 Å². The van der Waals surface area contributed by atoms with E-state index in [0.29, 0.717) is 28.5 Å². The van der Waals surface area contributed by atoms with Crippen molar-refractivity contribution in [2.24, 2.45) is 0 Å². The molecule has 3 aromatic carbocycles. The molecule has 0 radical (unpaired) electrons. The minimum Gasteiger partial charge on any atom is -0.253 e. The highest BCUT2D eigenvalue weighted by atomic mass is 79.9. The van der Waals surface area contributed by atoms with E-state index in [1.807, 2.05) is 78.9 Å². The molecule has 290 valence electrons. The van der Waals surface area contributed by atoms with Crippen LogP contribution in [0, 0.1) is 0 Å². The Labute approximate surface area is 363 Å². The SMILES string of the molecule is FC(F)c1ncc(Br)cc1Br.FC(F)c1ncc(Br)cc1SCc1ccccc1.FC(F)c1ncc(SCc2ccccc2)cc1Br.SCc1ccccc1. The number of benzene rings is 3. The first kappa shape index (κ1) is 47.0. The van der Waals surface area contributed by atoms with Gasteiger partial charge < -0.3 is 0 Å². The second-order valence-electron chi connectivity index (χ2n) is 10.7. The number of nitrogens with zero attached hydrogens (tertiary/aromatic N) is 3. The molecule has 3 heterocycles. The van der Waals surface area contributed by atoms with Gasteiger partial charge in [-0.05, 0) is 98.6 Å². The van der Waals surface area contributed by atoms with Gasteiger partial charge in [0.25, 0.3) is 19.3 Å². The van der Waals surface area contributed by atoms with Crippen LogP contribution in [0.5, 0.6) is 0 Å². The third kappa shape index (κ3) is 17.8. The van der Waals surface area contributed by atoms with Crippen LogP contribution in [0.1, 0.15) is 53.0 Å². The van der Waals surface area contributed by atoms with Crippen LogP contribution in [-0.4, -0.2) is 15.0 Å². The van der Waals surface area contributed by atoms with Crippen molar-refractivity contribution in [3.05, 3.63) is 179 Å². The highest BCUT2D eigenvalue weighted by Crippen LogP contribution is 2.33. The lowest BCUT2D eigenvalue weighted by molar-refractivity contribution is 0.142. The maximum Gasteiger partial charge on any atom is 0.281 e. The first-order valence-electron chi connectivity index (χ1n) is 15.8. The van der Waals surface area contributed by atoms with Crippen molar-refractivity contribution >= 4 is 99.9 Å². The van der Waals surface area contributed by atoms with E-state index in [9.17, 15) is 26.3 Å². The van der Waals surface area contributed by atoms with Gasteiger partial charge in [0.2, 0.25) is 0 Å². The van der Waals surface area contributed by atoms with E-state index in [0.717, 1.165) is 22.0 Å². The van der Waals surface area contributed by atoms with Crippen LogP contribution in [0.3, 0.4) is 0 Å². The smallest absolute Gasteiger partial charge is 0.253 e. The Bertz CT molecular complexity index is 2010. The molecule has 0 atom stereocenters. The first-order valence-corrected chi connectivity index (χ1v) is 21.6. The molecule has 55 heavy (non-hydrogen) atoms. The van der Waals surface area contributed by atoms with Crippen molar-refractivity contribution in [1.82, 2.24) is 15.0 Å². The van der Waals surface area contributed by atoms with Gasteiger partial charge in [-0.1, -0.05) is 91.0 Å². The quantitative estimate of drug-likeness (QED) is 0.0841. The van der Waals surface area contributed by atoms with E-state index in [1.54, 1.807) is 23.9 Å². The van der Waals surface area contributed by atoms with Gasteiger partial charge in [0.05, 0.1) is 0 Å². The van der Waals surface area contributed by atoms with Crippen molar-refractivity contribution in [3.8, 4) is 0 Å². The average molecular weight is 1070 g/mol. The van der Waals surface area contributed by atoms with Crippen molar-refractivity contribution in [1.29, 1.82) is 0 Å². The van der Waals surface area contributed by atoms with Crippen LogP contribution in [0.15, 0.2) is 155 Å². The topological polar surface area (TPSA) is 38.7 Å². The Morgan fingerprint density at radius 3 is 1.31 bits per heavy atom. The zero-order valence-corrected chi connectivity index (χ0v) is 37.2.